The molecule has 0 unspecified atom stereocenters. The van der Waals surface area contributed by atoms with E-state index >= 15 is 0 Å². The van der Waals surface area contributed by atoms with Gasteiger partial charge in [-0.15, -0.1) is 0 Å². The molecule has 0 fully saturated rings. The van der Waals surface area contributed by atoms with E-state index in [1.165, 1.54) is 0 Å². The SMILES string of the molecule is C/C=C\N(/C=C/C)C(=O)c1ccccc1. The third kappa shape index (κ3) is 3.09. The van der Waals surface area contributed by atoms with Gasteiger partial charge in [0.1, 0.15) is 0 Å². The van der Waals surface area contributed by atoms with Crippen molar-refractivity contribution < 1.29 is 4.79 Å². The summed E-state index contributed by atoms with van der Waals surface area (Å²) < 4.78 is 0. The predicted molar refractivity (Wildman–Crippen MR) is 62.2 cm³/mol. The summed E-state index contributed by atoms with van der Waals surface area (Å²) in [6.07, 6.45) is 7.16. The number of nitrogens with zero attached hydrogens (tertiary/aromatic N) is 1. The monoisotopic (exact) mass is 201 g/mol. The molecule has 1 aromatic carbocycles. The van der Waals surface area contributed by atoms with E-state index in [0.717, 1.165) is 0 Å². The normalized spacial score (nSPS) is 11.1. The molecule has 0 spiro atoms. The van der Waals surface area contributed by atoms with Gasteiger partial charge in [-0.2, -0.15) is 0 Å². The Kier molecular flexibility index (Phi) is 4.35. The number of benzene rings is 1. The van der Waals surface area contributed by atoms with Crippen molar-refractivity contribution in [1.29, 1.82) is 0 Å². The first-order chi connectivity index (χ1) is 7.29. The fourth-order valence-corrected chi connectivity index (χ4v) is 1.24. The Morgan fingerprint density at radius 3 is 2.07 bits per heavy atom. The van der Waals surface area contributed by atoms with Gasteiger partial charge in [-0.3, -0.25) is 9.69 Å². The lowest BCUT2D eigenvalue weighted by Crippen LogP contribution is -2.19. The van der Waals surface area contributed by atoms with Crippen molar-refractivity contribution >= 4 is 5.91 Å². The molecule has 0 aliphatic heterocycles. The lowest BCUT2D eigenvalue weighted by molar-refractivity contribution is 0.0869. The molecule has 78 valence electrons. The van der Waals surface area contributed by atoms with Gasteiger partial charge in [-0.05, 0) is 26.0 Å². The van der Waals surface area contributed by atoms with Crippen LogP contribution < -0.4 is 0 Å². The molecule has 2 heteroatoms. The number of carbonyl (C=O) groups is 1. The lowest BCUT2D eigenvalue weighted by Gasteiger charge is -2.12. The first-order valence-electron chi connectivity index (χ1n) is 4.93. The second kappa shape index (κ2) is 5.81. The zero-order chi connectivity index (χ0) is 11.1. The highest BCUT2D eigenvalue weighted by atomic mass is 16.2. The lowest BCUT2D eigenvalue weighted by atomic mass is 10.2. The Bertz CT molecular complexity index is 353. The van der Waals surface area contributed by atoms with E-state index in [1.54, 1.807) is 17.3 Å². The Hall–Kier alpha value is -1.83. The molecule has 1 rings (SSSR count). The molecule has 15 heavy (non-hydrogen) atoms. The third-order valence-electron chi connectivity index (χ3n) is 1.87. The number of hydrogen-bond donors (Lipinski definition) is 0. The predicted octanol–water partition coefficient (Wildman–Crippen LogP) is 3.20. The summed E-state index contributed by atoms with van der Waals surface area (Å²) in [5, 5.41) is 0. The van der Waals surface area contributed by atoms with E-state index in [2.05, 4.69) is 0 Å². The topological polar surface area (TPSA) is 20.3 Å². The highest BCUT2D eigenvalue weighted by Gasteiger charge is 2.09. The van der Waals surface area contributed by atoms with E-state index < -0.39 is 0 Å². The van der Waals surface area contributed by atoms with Crippen LogP contribution in [0.2, 0.25) is 0 Å². The van der Waals surface area contributed by atoms with Gasteiger partial charge in [0.15, 0.2) is 0 Å². The Morgan fingerprint density at radius 2 is 1.60 bits per heavy atom. The minimum atomic E-state index is -0.0215. The van der Waals surface area contributed by atoms with Gasteiger partial charge >= 0.3 is 0 Å². The van der Waals surface area contributed by atoms with E-state index in [-0.39, 0.29) is 5.91 Å². The minimum Gasteiger partial charge on any atom is -0.291 e. The van der Waals surface area contributed by atoms with Crippen LogP contribution in [0.25, 0.3) is 0 Å². The van der Waals surface area contributed by atoms with E-state index in [0.29, 0.717) is 5.56 Å². The molecule has 0 N–H and O–H groups in total. The number of carbonyl (C=O) groups excluding carboxylic acids is 1. The van der Waals surface area contributed by atoms with Gasteiger partial charge < -0.3 is 0 Å². The minimum absolute atomic E-state index is 0.0215. The highest BCUT2D eigenvalue weighted by molar-refractivity contribution is 5.95. The number of allylic oxidation sites excluding steroid dienone is 2. The zero-order valence-corrected chi connectivity index (χ0v) is 9.05. The van der Waals surface area contributed by atoms with Crippen LogP contribution in [-0.4, -0.2) is 10.8 Å². The molecule has 0 aliphatic carbocycles. The van der Waals surface area contributed by atoms with Gasteiger partial charge in [0.2, 0.25) is 0 Å². The maximum absolute atomic E-state index is 11.9. The summed E-state index contributed by atoms with van der Waals surface area (Å²) in [6.45, 7) is 3.77. The maximum Gasteiger partial charge on any atom is 0.261 e. The molecule has 2 nitrogen and oxygen atoms in total. The van der Waals surface area contributed by atoms with Crippen LogP contribution in [0.15, 0.2) is 54.9 Å². The summed E-state index contributed by atoms with van der Waals surface area (Å²) in [4.78, 5) is 13.5. The van der Waals surface area contributed by atoms with Crippen molar-refractivity contribution in [3.63, 3.8) is 0 Å². The van der Waals surface area contributed by atoms with Crippen LogP contribution >= 0.6 is 0 Å². The van der Waals surface area contributed by atoms with Crippen LogP contribution in [0.3, 0.4) is 0 Å². The molecule has 1 aromatic rings. The number of hydrogen-bond acceptors (Lipinski definition) is 1. The molecule has 0 saturated heterocycles. The van der Waals surface area contributed by atoms with Crippen LogP contribution in [0.1, 0.15) is 24.2 Å². The fraction of sp³-hybridized carbons (Fsp3) is 0.154. The molecule has 1 amide bonds. The molecule has 0 atom stereocenters. The van der Waals surface area contributed by atoms with Crippen molar-refractivity contribution in [2.75, 3.05) is 0 Å². The number of rotatable bonds is 3. The summed E-state index contributed by atoms with van der Waals surface area (Å²) in [6, 6.07) is 9.23. The van der Waals surface area contributed by atoms with Gasteiger partial charge in [-0.25, -0.2) is 0 Å². The van der Waals surface area contributed by atoms with E-state index in [1.807, 2.05) is 56.3 Å². The maximum atomic E-state index is 11.9. The van der Waals surface area contributed by atoms with Crippen molar-refractivity contribution in [3.05, 3.63) is 60.4 Å². The van der Waals surface area contributed by atoms with E-state index in [4.69, 9.17) is 0 Å². The standard InChI is InChI=1S/C13H15NO/c1-3-10-14(11-4-2)13(15)12-8-6-5-7-9-12/h3-11H,1-2H3/b10-3-,11-4+. The second-order valence-electron chi connectivity index (χ2n) is 3.04. The van der Waals surface area contributed by atoms with Crippen LogP contribution in [0.5, 0.6) is 0 Å². The third-order valence-corrected chi connectivity index (χ3v) is 1.87. The first-order valence-corrected chi connectivity index (χ1v) is 4.93. The fourth-order valence-electron chi connectivity index (χ4n) is 1.24. The van der Waals surface area contributed by atoms with Crippen molar-refractivity contribution in [3.8, 4) is 0 Å². The van der Waals surface area contributed by atoms with Gasteiger partial charge in [0.25, 0.3) is 5.91 Å². The molecule has 0 aromatic heterocycles. The van der Waals surface area contributed by atoms with Crippen molar-refractivity contribution in [2.24, 2.45) is 0 Å². The quantitative estimate of drug-likeness (QED) is 0.735. The second-order valence-corrected chi connectivity index (χ2v) is 3.04. The molecular weight excluding hydrogens is 186 g/mol. The summed E-state index contributed by atoms with van der Waals surface area (Å²) in [7, 11) is 0. The molecule has 0 bridgehead atoms. The molecule has 0 aliphatic rings. The Labute approximate surface area is 90.5 Å². The van der Waals surface area contributed by atoms with E-state index in [9.17, 15) is 4.79 Å². The van der Waals surface area contributed by atoms with Gasteiger partial charge in [0, 0.05) is 18.0 Å². The highest BCUT2D eigenvalue weighted by Crippen LogP contribution is 2.05. The largest absolute Gasteiger partial charge is 0.291 e. The van der Waals surface area contributed by atoms with Crippen LogP contribution in [0, 0.1) is 0 Å². The first kappa shape index (κ1) is 11.2. The zero-order valence-electron chi connectivity index (χ0n) is 9.05. The average Bonchev–Trinajstić information content (AvgIpc) is 2.29. The summed E-state index contributed by atoms with van der Waals surface area (Å²) >= 11 is 0. The summed E-state index contributed by atoms with van der Waals surface area (Å²) in [5.74, 6) is -0.0215. The van der Waals surface area contributed by atoms with Crippen molar-refractivity contribution in [2.45, 2.75) is 13.8 Å². The Balaban J connectivity index is 2.91. The number of amides is 1. The average molecular weight is 201 g/mol. The molecular formula is C13H15NO. The molecule has 0 radical (unpaired) electrons. The van der Waals surface area contributed by atoms with Gasteiger partial charge in [0.05, 0.1) is 0 Å². The molecule has 0 saturated carbocycles. The smallest absolute Gasteiger partial charge is 0.261 e. The van der Waals surface area contributed by atoms with Gasteiger partial charge in [-0.1, -0.05) is 30.4 Å². The summed E-state index contributed by atoms with van der Waals surface area (Å²) in [5.41, 5.74) is 0.689. The molecule has 0 heterocycles. The van der Waals surface area contributed by atoms with Crippen molar-refractivity contribution in [1.82, 2.24) is 4.90 Å². The van der Waals surface area contributed by atoms with Crippen LogP contribution in [0.4, 0.5) is 0 Å². The van der Waals surface area contributed by atoms with Crippen LogP contribution in [-0.2, 0) is 0 Å². The Morgan fingerprint density at radius 1 is 1.07 bits per heavy atom.